The van der Waals surface area contributed by atoms with Gasteiger partial charge in [-0.05, 0) is 36.5 Å². The van der Waals surface area contributed by atoms with Crippen LogP contribution in [-0.4, -0.2) is 37.2 Å². The fourth-order valence-corrected chi connectivity index (χ4v) is 3.51. The average Bonchev–Trinajstić information content (AvgIpc) is 3.26. The second kappa shape index (κ2) is 7.03. The highest BCUT2D eigenvalue weighted by molar-refractivity contribution is 5.65. The third-order valence-electron chi connectivity index (χ3n) is 4.73. The number of aliphatic hydroxyl groups is 1. The first-order chi connectivity index (χ1) is 12.3. The summed E-state index contributed by atoms with van der Waals surface area (Å²) in [6, 6.07) is 14.0. The van der Waals surface area contributed by atoms with Gasteiger partial charge in [0.15, 0.2) is 0 Å². The van der Waals surface area contributed by atoms with Crippen molar-refractivity contribution in [2.24, 2.45) is 5.92 Å². The number of nitrogens with one attached hydrogen (secondary N) is 1. The molecule has 1 aromatic carbocycles. The highest BCUT2D eigenvalue weighted by atomic mass is 16.3. The van der Waals surface area contributed by atoms with E-state index in [2.05, 4.69) is 20.6 Å². The van der Waals surface area contributed by atoms with E-state index >= 15 is 0 Å². The second-order valence-electron chi connectivity index (χ2n) is 6.58. The third-order valence-corrected chi connectivity index (χ3v) is 4.73. The molecule has 6 heteroatoms. The number of hydrogen-bond acceptors (Lipinski definition) is 5. The van der Waals surface area contributed by atoms with Gasteiger partial charge < -0.3 is 10.4 Å². The molecule has 25 heavy (non-hydrogen) atoms. The first kappa shape index (κ1) is 15.8. The Morgan fingerprint density at radius 1 is 1.12 bits per heavy atom. The van der Waals surface area contributed by atoms with Crippen molar-refractivity contribution in [1.82, 2.24) is 20.0 Å². The zero-order chi connectivity index (χ0) is 17.1. The predicted octanol–water partition coefficient (Wildman–Crippen LogP) is 2.59. The van der Waals surface area contributed by atoms with Gasteiger partial charge in [-0.25, -0.2) is 0 Å². The molecule has 4 rings (SSSR count). The van der Waals surface area contributed by atoms with Crippen LogP contribution in [0.25, 0.3) is 11.1 Å². The summed E-state index contributed by atoms with van der Waals surface area (Å²) >= 11 is 0. The Balaban J connectivity index is 1.43. The molecule has 0 amide bonds. The van der Waals surface area contributed by atoms with E-state index in [-0.39, 0.29) is 12.1 Å². The maximum Gasteiger partial charge on any atom is 0.149 e. The van der Waals surface area contributed by atoms with Crippen LogP contribution in [0, 0.1) is 5.92 Å². The van der Waals surface area contributed by atoms with Crippen molar-refractivity contribution < 1.29 is 5.11 Å². The van der Waals surface area contributed by atoms with E-state index in [1.54, 1.807) is 12.4 Å². The van der Waals surface area contributed by atoms with Crippen molar-refractivity contribution in [3.8, 4) is 11.1 Å². The molecule has 2 N–H and O–H groups in total. The van der Waals surface area contributed by atoms with Crippen LogP contribution in [0.2, 0.25) is 0 Å². The first-order valence-electron chi connectivity index (χ1n) is 8.58. The van der Waals surface area contributed by atoms with Crippen LogP contribution in [-0.2, 0) is 6.54 Å². The van der Waals surface area contributed by atoms with Gasteiger partial charge in [-0.3, -0.25) is 4.68 Å². The lowest BCUT2D eigenvalue weighted by Gasteiger charge is -2.17. The number of rotatable bonds is 5. The Morgan fingerprint density at radius 3 is 2.80 bits per heavy atom. The molecule has 0 aliphatic heterocycles. The van der Waals surface area contributed by atoms with Gasteiger partial charge in [0.1, 0.15) is 5.82 Å². The zero-order valence-electron chi connectivity index (χ0n) is 13.9. The molecule has 1 fully saturated rings. The van der Waals surface area contributed by atoms with Crippen LogP contribution in [0.1, 0.15) is 12.8 Å². The second-order valence-corrected chi connectivity index (χ2v) is 6.58. The van der Waals surface area contributed by atoms with E-state index in [0.717, 1.165) is 30.5 Å². The summed E-state index contributed by atoms with van der Waals surface area (Å²) in [5.74, 6) is 1.10. The minimum absolute atomic E-state index is 0.0131. The summed E-state index contributed by atoms with van der Waals surface area (Å²) in [7, 11) is 0. The fourth-order valence-electron chi connectivity index (χ4n) is 3.51. The molecule has 2 heterocycles. The number of benzene rings is 1. The number of nitrogens with zero attached hydrogens (tertiary/aromatic N) is 4. The molecule has 3 atom stereocenters. The Labute approximate surface area is 146 Å². The van der Waals surface area contributed by atoms with Crippen molar-refractivity contribution in [1.29, 1.82) is 0 Å². The number of aromatic nitrogens is 4. The normalized spacial score (nSPS) is 22.8. The highest BCUT2D eigenvalue weighted by Gasteiger charge is 2.33. The van der Waals surface area contributed by atoms with Gasteiger partial charge in [-0.15, -0.1) is 5.10 Å². The van der Waals surface area contributed by atoms with Gasteiger partial charge >= 0.3 is 0 Å². The summed E-state index contributed by atoms with van der Waals surface area (Å²) in [4.78, 5) is 0. The molecule has 1 aliphatic carbocycles. The highest BCUT2D eigenvalue weighted by Crippen LogP contribution is 2.30. The largest absolute Gasteiger partial charge is 0.391 e. The molecule has 1 unspecified atom stereocenters. The minimum atomic E-state index is -0.386. The lowest BCUT2D eigenvalue weighted by atomic mass is 10.1. The smallest absolute Gasteiger partial charge is 0.149 e. The summed E-state index contributed by atoms with van der Waals surface area (Å²) in [6.07, 6.45) is 6.77. The van der Waals surface area contributed by atoms with Gasteiger partial charge in [-0.2, -0.15) is 10.2 Å². The minimum Gasteiger partial charge on any atom is -0.391 e. The molecule has 1 aliphatic rings. The molecule has 128 valence electrons. The van der Waals surface area contributed by atoms with Crippen molar-refractivity contribution in [3.05, 3.63) is 61.1 Å². The Morgan fingerprint density at radius 2 is 2.00 bits per heavy atom. The molecule has 2 aromatic heterocycles. The van der Waals surface area contributed by atoms with Crippen molar-refractivity contribution in [2.75, 3.05) is 5.32 Å². The van der Waals surface area contributed by atoms with Gasteiger partial charge in [0.05, 0.1) is 18.3 Å². The van der Waals surface area contributed by atoms with E-state index in [0.29, 0.717) is 11.7 Å². The monoisotopic (exact) mass is 335 g/mol. The van der Waals surface area contributed by atoms with Gasteiger partial charge in [-0.1, -0.05) is 30.3 Å². The average molecular weight is 335 g/mol. The van der Waals surface area contributed by atoms with E-state index in [1.807, 2.05) is 53.3 Å². The maximum absolute atomic E-state index is 10.4. The predicted molar refractivity (Wildman–Crippen MR) is 95.8 cm³/mol. The molecular formula is C19H21N5O. The van der Waals surface area contributed by atoms with E-state index in [1.165, 1.54) is 0 Å². The van der Waals surface area contributed by atoms with Gasteiger partial charge in [0.2, 0.25) is 0 Å². The van der Waals surface area contributed by atoms with Crippen LogP contribution in [0.4, 0.5) is 5.82 Å². The summed E-state index contributed by atoms with van der Waals surface area (Å²) < 4.78 is 1.93. The summed E-state index contributed by atoms with van der Waals surface area (Å²) in [5.41, 5.74) is 2.11. The molecular weight excluding hydrogens is 314 g/mol. The van der Waals surface area contributed by atoms with E-state index in [4.69, 9.17) is 0 Å². The Kier molecular flexibility index (Phi) is 4.43. The standard InChI is InChI=1S/C19H21N5O/c25-18-10-14(13-24-8-4-7-21-24)9-17(18)22-19-11-16(12-20-23-19)15-5-2-1-3-6-15/h1-8,11-12,14,17-18,25H,9-10,13H2,(H,22,23)/t14?,17-,18-/m1/s1. The number of anilines is 1. The maximum atomic E-state index is 10.4. The lowest BCUT2D eigenvalue weighted by Crippen LogP contribution is -2.28. The summed E-state index contributed by atoms with van der Waals surface area (Å²) in [5, 5.41) is 26.3. The molecule has 6 nitrogen and oxygen atoms in total. The molecule has 0 saturated heterocycles. The molecule has 0 radical (unpaired) electrons. The van der Waals surface area contributed by atoms with Crippen LogP contribution < -0.4 is 5.32 Å². The van der Waals surface area contributed by atoms with Crippen LogP contribution in [0.5, 0.6) is 0 Å². The zero-order valence-corrected chi connectivity index (χ0v) is 13.9. The first-order valence-corrected chi connectivity index (χ1v) is 8.58. The third kappa shape index (κ3) is 3.69. The molecule has 1 saturated carbocycles. The molecule has 0 spiro atoms. The summed E-state index contributed by atoms with van der Waals surface area (Å²) in [6.45, 7) is 0.831. The fraction of sp³-hybridized carbons (Fsp3) is 0.316. The van der Waals surface area contributed by atoms with Crippen molar-refractivity contribution in [3.63, 3.8) is 0 Å². The quantitative estimate of drug-likeness (QED) is 0.749. The Bertz CT molecular complexity index is 806. The van der Waals surface area contributed by atoms with Gasteiger partial charge in [0, 0.05) is 24.5 Å². The number of hydrogen-bond donors (Lipinski definition) is 2. The van der Waals surface area contributed by atoms with E-state index < -0.39 is 0 Å². The number of aliphatic hydroxyl groups excluding tert-OH is 1. The lowest BCUT2D eigenvalue weighted by molar-refractivity contribution is 0.166. The Hall–Kier alpha value is -2.73. The van der Waals surface area contributed by atoms with Crippen molar-refractivity contribution >= 4 is 5.82 Å². The van der Waals surface area contributed by atoms with Crippen LogP contribution >= 0.6 is 0 Å². The van der Waals surface area contributed by atoms with Crippen molar-refractivity contribution in [2.45, 2.75) is 31.5 Å². The van der Waals surface area contributed by atoms with Crippen LogP contribution in [0.15, 0.2) is 61.1 Å². The van der Waals surface area contributed by atoms with Crippen LogP contribution in [0.3, 0.4) is 0 Å². The molecule has 3 aromatic rings. The molecule has 0 bridgehead atoms. The van der Waals surface area contributed by atoms with E-state index in [9.17, 15) is 5.11 Å². The van der Waals surface area contributed by atoms with Gasteiger partial charge in [0.25, 0.3) is 0 Å². The SMILES string of the molecule is O[C@@H]1CC(Cn2cccn2)C[C@H]1Nc1cc(-c2ccccc2)cnn1. The topological polar surface area (TPSA) is 75.9 Å².